The highest BCUT2D eigenvalue weighted by atomic mass is 14.8. The maximum absolute atomic E-state index is 5.30. The van der Waals surface area contributed by atoms with E-state index >= 15 is 0 Å². The lowest BCUT2D eigenvalue weighted by Crippen LogP contribution is -2.00. The second kappa shape index (κ2) is 23.2. The Morgan fingerprint density at radius 1 is 0.155 bits per heavy atom. The molecule has 3 heterocycles. The van der Waals surface area contributed by atoms with Crippen LogP contribution in [0.25, 0.3) is 145 Å². The molecule has 0 N–H and O–H groups in total. The second-order valence-electron chi connectivity index (χ2n) is 21.0. The average molecular weight is 1070 g/mol. The smallest absolute Gasteiger partial charge is 0.0900 e. The normalized spacial score (nSPS) is 11.1. The Morgan fingerprint density at radius 3 is 0.679 bits per heavy atom. The van der Waals surface area contributed by atoms with Gasteiger partial charge in [-0.05, 0) is 189 Å². The summed E-state index contributed by atoms with van der Waals surface area (Å²) in [6.45, 7) is 0. The topological polar surface area (TPSA) is 38.7 Å². The van der Waals surface area contributed by atoms with Crippen molar-refractivity contribution in [2.75, 3.05) is 0 Å². The maximum Gasteiger partial charge on any atom is 0.0900 e. The third-order valence-corrected chi connectivity index (χ3v) is 15.8. The highest BCUT2D eigenvalue weighted by molar-refractivity contribution is 6.10. The van der Waals surface area contributed by atoms with Gasteiger partial charge in [-0.3, -0.25) is 9.97 Å². The Morgan fingerprint density at radius 2 is 0.393 bits per heavy atom. The Balaban J connectivity index is 1.18. The van der Waals surface area contributed by atoms with Crippen LogP contribution in [-0.4, -0.2) is 15.0 Å². The molecule has 0 spiro atoms. The van der Waals surface area contributed by atoms with Crippen LogP contribution in [0.3, 0.4) is 0 Å². The number of pyridine rings is 3. The highest BCUT2D eigenvalue weighted by Gasteiger charge is 2.28. The summed E-state index contributed by atoms with van der Waals surface area (Å²) in [6.07, 6.45) is 3.67. The van der Waals surface area contributed by atoms with Gasteiger partial charge in [0.2, 0.25) is 0 Å². The molecule has 0 fully saturated rings. The summed E-state index contributed by atoms with van der Waals surface area (Å²) in [4.78, 5) is 15.1. The first kappa shape index (κ1) is 51.0. The third kappa shape index (κ3) is 10.1. The van der Waals surface area contributed by atoms with E-state index in [9.17, 15) is 0 Å². The van der Waals surface area contributed by atoms with Crippen molar-refractivity contribution in [3.8, 4) is 145 Å². The molecule has 0 aliphatic carbocycles. The maximum atomic E-state index is 5.30. The summed E-state index contributed by atoms with van der Waals surface area (Å²) >= 11 is 0. The van der Waals surface area contributed by atoms with Crippen molar-refractivity contribution in [3.05, 3.63) is 334 Å². The molecule has 3 aromatic heterocycles. The van der Waals surface area contributed by atoms with Crippen molar-refractivity contribution in [1.82, 2.24) is 15.0 Å². The number of benzene rings is 11. The molecular weight excluding hydrogens is 1010 g/mol. The van der Waals surface area contributed by atoms with Crippen LogP contribution in [-0.2, 0) is 0 Å². The number of rotatable bonds is 13. The zero-order valence-corrected chi connectivity index (χ0v) is 46.1. The second-order valence-corrected chi connectivity index (χ2v) is 21.0. The van der Waals surface area contributed by atoms with Crippen molar-refractivity contribution in [1.29, 1.82) is 0 Å². The quantitative estimate of drug-likeness (QED) is 0.115. The van der Waals surface area contributed by atoms with Gasteiger partial charge in [0.25, 0.3) is 0 Å². The Kier molecular flexibility index (Phi) is 14.1. The van der Waals surface area contributed by atoms with E-state index in [1.54, 1.807) is 0 Å². The van der Waals surface area contributed by atoms with E-state index in [1.807, 2.05) is 48.8 Å². The van der Waals surface area contributed by atoms with Gasteiger partial charge in [0.15, 0.2) is 0 Å². The van der Waals surface area contributed by atoms with Gasteiger partial charge in [0.05, 0.1) is 22.8 Å². The summed E-state index contributed by atoms with van der Waals surface area (Å²) in [5, 5.41) is 0. The van der Waals surface area contributed by atoms with Gasteiger partial charge in [0.1, 0.15) is 0 Å². The molecule has 14 aromatic rings. The predicted molar refractivity (Wildman–Crippen MR) is 350 cm³/mol. The molecule has 14 rings (SSSR count). The monoisotopic (exact) mass is 1070 g/mol. The summed E-state index contributed by atoms with van der Waals surface area (Å²) in [5.41, 5.74) is 27.6. The zero-order valence-electron chi connectivity index (χ0n) is 46.1. The van der Waals surface area contributed by atoms with E-state index < -0.39 is 0 Å². The average Bonchev–Trinajstić information content (AvgIpc) is 1.39. The van der Waals surface area contributed by atoms with Gasteiger partial charge in [-0.25, -0.2) is 4.98 Å². The lowest BCUT2D eigenvalue weighted by atomic mass is 9.77. The molecule has 11 aromatic carbocycles. The van der Waals surface area contributed by atoms with Crippen LogP contribution in [0.4, 0.5) is 0 Å². The molecule has 3 nitrogen and oxygen atoms in total. The molecule has 0 atom stereocenters. The summed E-state index contributed by atoms with van der Waals surface area (Å²) in [5.74, 6) is 0. The first-order valence-electron chi connectivity index (χ1n) is 28.6. The molecule has 0 saturated heterocycles. The van der Waals surface area contributed by atoms with Gasteiger partial charge in [-0.2, -0.15) is 0 Å². The van der Waals surface area contributed by atoms with E-state index in [0.717, 1.165) is 134 Å². The minimum atomic E-state index is 0.755. The molecule has 3 heteroatoms. The minimum absolute atomic E-state index is 0.755. The molecule has 394 valence electrons. The van der Waals surface area contributed by atoms with Crippen molar-refractivity contribution >= 4 is 0 Å². The third-order valence-electron chi connectivity index (χ3n) is 15.8. The van der Waals surface area contributed by atoms with Crippen molar-refractivity contribution in [2.45, 2.75) is 0 Å². The minimum Gasteiger partial charge on any atom is -0.255 e. The molecule has 84 heavy (non-hydrogen) atoms. The Bertz CT molecular complexity index is 4270. The van der Waals surface area contributed by atoms with Crippen LogP contribution < -0.4 is 0 Å². The predicted octanol–water partition coefficient (Wildman–Crippen LogP) is 21.5. The number of hydrogen-bond acceptors (Lipinski definition) is 3. The van der Waals surface area contributed by atoms with Gasteiger partial charge in [0, 0.05) is 12.4 Å². The van der Waals surface area contributed by atoms with Crippen LogP contribution in [0.5, 0.6) is 0 Å². The highest BCUT2D eigenvalue weighted by Crippen LogP contribution is 2.54. The van der Waals surface area contributed by atoms with Crippen LogP contribution in [0.15, 0.2) is 334 Å². The fourth-order valence-electron chi connectivity index (χ4n) is 12.0. The largest absolute Gasteiger partial charge is 0.255 e. The van der Waals surface area contributed by atoms with Crippen LogP contribution >= 0.6 is 0 Å². The number of nitrogens with zero attached hydrogens (tertiary/aromatic N) is 3. The van der Waals surface area contributed by atoms with E-state index in [0.29, 0.717) is 0 Å². The van der Waals surface area contributed by atoms with Gasteiger partial charge >= 0.3 is 0 Å². The van der Waals surface area contributed by atoms with Gasteiger partial charge in [-0.1, -0.05) is 255 Å². The zero-order chi connectivity index (χ0) is 56.0. The summed E-state index contributed by atoms with van der Waals surface area (Å²) in [7, 11) is 0. The first-order valence-corrected chi connectivity index (χ1v) is 28.6. The molecule has 0 radical (unpaired) electrons. The van der Waals surface area contributed by atoms with Crippen molar-refractivity contribution in [2.24, 2.45) is 0 Å². The Hall–Kier alpha value is -11.1. The molecule has 0 saturated carbocycles. The molecule has 0 unspecified atom stereocenters. The molecule has 0 amide bonds. The molecule has 0 aliphatic heterocycles. The summed E-state index contributed by atoms with van der Waals surface area (Å²) in [6, 6.07) is 116. The Labute approximate surface area is 491 Å². The molecule has 0 aliphatic rings. The van der Waals surface area contributed by atoms with E-state index in [4.69, 9.17) is 15.0 Å². The van der Waals surface area contributed by atoms with Gasteiger partial charge < -0.3 is 0 Å². The van der Waals surface area contributed by atoms with Crippen LogP contribution in [0.2, 0.25) is 0 Å². The van der Waals surface area contributed by atoms with E-state index in [2.05, 4.69) is 285 Å². The summed E-state index contributed by atoms with van der Waals surface area (Å²) < 4.78 is 0. The number of hydrogen-bond donors (Lipinski definition) is 0. The fourth-order valence-corrected chi connectivity index (χ4v) is 12.0. The lowest BCUT2D eigenvalue weighted by molar-refractivity contribution is 1.22. The van der Waals surface area contributed by atoms with E-state index in [1.165, 1.54) is 11.1 Å². The van der Waals surface area contributed by atoms with Gasteiger partial charge in [-0.15, -0.1) is 0 Å². The SMILES string of the molecule is c1ccc(-c2cc(-c3cc(-c4cc(-c5ccccn5)nc(-c5ccccn5)c4)cc(-c4cc(-c5ccccc5)c(-c5ccccc5)c(-c5ccccc5)c4-c4ccccc4)c3)c(-c3ccccc3)c(-c3ccccc3)c2-c2ccccc2)cc1. The lowest BCUT2D eigenvalue weighted by Gasteiger charge is -2.26. The first-order chi connectivity index (χ1) is 41.7. The molecule has 0 bridgehead atoms. The number of aromatic nitrogens is 3. The molecular formula is C81H55N3. The van der Waals surface area contributed by atoms with Crippen molar-refractivity contribution in [3.63, 3.8) is 0 Å². The standard InChI is InChI=1S/C81H55N3/c1-9-29-56(30-10-1)68-54-70(78(60-37-17-5-18-38-60)80(62-41-21-7-22-42-62)76(68)58-33-13-3-14-34-58)66-49-64(65-52-74(72-45-25-27-47-82-72)84-75(53-65)73-46-26-28-48-83-73)50-67(51-66)71-55-69(57-31-11-2-12-32-57)77(59-35-15-4-16-36-59)81(63-43-23-8-24-44-63)79(71)61-39-19-6-20-40-61/h1-55H. The van der Waals surface area contributed by atoms with Crippen molar-refractivity contribution < 1.29 is 0 Å². The van der Waals surface area contributed by atoms with Crippen LogP contribution in [0, 0.1) is 0 Å². The van der Waals surface area contributed by atoms with E-state index in [-0.39, 0.29) is 0 Å². The van der Waals surface area contributed by atoms with Crippen LogP contribution in [0.1, 0.15) is 0 Å². The fraction of sp³-hybridized carbons (Fsp3) is 0.